The average molecular weight is 241 g/mol. The van der Waals surface area contributed by atoms with Crippen LogP contribution in [0.3, 0.4) is 0 Å². The van der Waals surface area contributed by atoms with E-state index in [2.05, 4.69) is 5.10 Å². The SMILES string of the molecule is COCc1cc(Cl)n(-c2ccc(F)cc2)n1. The molecule has 3 nitrogen and oxygen atoms in total. The molecule has 0 saturated heterocycles. The predicted octanol–water partition coefficient (Wildman–Crippen LogP) is 2.81. The predicted molar refractivity (Wildman–Crippen MR) is 59.2 cm³/mol. The number of ether oxygens (including phenoxy) is 1. The summed E-state index contributed by atoms with van der Waals surface area (Å²) in [5.74, 6) is -0.288. The summed E-state index contributed by atoms with van der Waals surface area (Å²) in [6.45, 7) is 0.397. The van der Waals surface area contributed by atoms with Crippen molar-refractivity contribution in [1.82, 2.24) is 9.78 Å². The van der Waals surface area contributed by atoms with Crippen molar-refractivity contribution in [3.05, 3.63) is 47.0 Å². The molecular formula is C11H10ClFN2O. The number of rotatable bonds is 3. The van der Waals surface area contributed by atoms with Crippen LogP contribution in [0, 0.1) is 5.82 Å². The Morgan fingerprint density at radius 3 is 2.69 bits per heavy atom. The van der Waals surface area contributed by atoms with Crippen molar-refractivity contribution in [1.29, 1.82) is 0 Å². The minimum Gasteiger partial charge on any atom is -0.378 e. The fourth-order valence-electron chi connectivity index (χ4n) is 1.39. The highest BCUT2D eigenvalue weighted by molar-refractivity contribution is 6.29. The summed E-state index contributed by atoms with van der Waals surface area (Å²) in [5, 5.41) is 4.71. The second-order valence-corrected chi connectivity index (χ2v) is 3.67. The lowest BCUT2D eigenvalue weighted by Gasteiger charge is -2.02. The Morgan fingerprint density at radius 1 is 1.38 bits per heavy atom. The van der Waals surface area contributed by atoms with Crippen LogP contribution in [-0.4, -0.2) is 16.9 Å². The molecule has 0 spiro atoms. The fourth-order valence-corrected chi connectivity index (χ4v) is 1.65. The number of hydrogen-bond donors (Lipinski definition) is 0. The summed E-state index contributed by atoms with van der Waals surface area (Å²) in [4.78, 5) is 0. The number of halogens is 2. The summed E-state index contributed by atoms with van der Waals surface area (Å²) < 4.78 is 19.2. The molecule has 1 aromatic carbocycles. The Morgan fingerprint density at radius 2 is 2.06 bits per heavy atom. The van der Waals surface area contributed by atoms with E-state index in [4.69, 9.17) is 16.3 Å². The fraction of sp³-hybridized carbons (Fsp3) is 0.182. The first kappa shape index (κ1) is 11.1. The molecule has 16 heavy (non-hydrogen) atoms. The van der Waals surface area contributed by atoms with Gasteiger partial charge >= 0.3 is 0 Å². The first-order chi connectivity index (χ1) is 7.70. The summed E-state index contributed by atoms with van der Waals surface area (Å²) in [7, 11) is 1.59. The maximum Gasteiger partial charge on any atom is 0.133 e. The average Bonchev–Trinajstić information content (AvgIpc) is 2.61. The zero-order valence-corrected chi connectivity index (χ0v) is 9.41. The van der Waals surface area contributed by atoms with Crippen molar-refractivity contribution in [3.8, 4) is 5.69 Å². The van der Waals surface area contributed by atoms with Gasteiger partial charge in [-0.2, -0.15) is 5.10 Å². The molecule has 2 aromatic rings. The summed E-state index contributed by atoms with van der Waals surface area (Å²) in [6, 6.07) is 7.68. The van der Waals surface area contributed by atoms with Gasteiger partial charge in [0.1, 0.15) is 11.0 Å². The normalized spacial score (nSPS) is 10.7. The van der Waals surface area contributed by atoms with Crippen molar-refractivity contribution >= 4 is 11.6 Å². The van der Waals surface area contributed by atoms with E-state index in [1.54, 1.807) is 25.3 Å². The molecule has 0 radical (unpaired) electrons. The molecule has 0 N–H and O–H groups in total. The highest BCUT2D eigenvalue weighted by atomic mass is 35.5. The number of benzene rings is 1. The lowest BCUT2D eigenvalue weighted by Crippen LogP contribution is -1.98. The number of aromatic nitrogens is 2. The van der Waals surface area contributed by atoms with Gasteiger partial charge in [-0.3, -0.25) is 0 Å². The van der Waals surface area contributed by atoms with Crippen molar-refractivity contribution in [2.45, 2.75) is 6.61 Å². The van der Waals surface area contributed by atoms with Crippen LogP contribution < -0.4 is 0 Å². The zero-order valence-electron chi connectivity index (χ0n) is 8.65. The summed E-state index contributed by atoms with van der Waals surface area (Å²) >= 11 is 6.01. The second-order valence-electron chi connectivity index (χ2n) is 3.28. The molecule has 0 atom stereocenters. The second kappa shape index (κ2) is 4.63. The molecule has 2 rings (SSSR count). The van der Waals surface area contributed by atoms with Crippen molar-refractivity contribution < 1.29 is 9.13 Å². The Labute approximate surface area is 97.4 Å². The molecule has 0 fully saturated rings. The van der Waals surface area contributed by atoms with Gasteiger partial charge in [-0.05, 0) is 24.3 Å². The van der Waals surface area contributed by atoms with E-state index in [9.17, 15) is 4.39 Å². The van der Waals surface area contributed by atoms with Crippen LogP contribution in [0.5, 0.6) is 0 Å². The van der Waals surface area contributed by atoms with Gasteiger partial charge in [0.2, 0.25) is 0 Å². The lowest BCUT2D eigenvalue weighted by atomic mass is 10.3. The highest BCUT2D eigenvalue weighted by Gasteiger charge is 2.07. The highest BCUT2D eigenvalue weighted by Crippen LogP contribution is 2.17. The van der Waals surface area contributed by atoms with Gasteiger partial charge in [0.15, 0.2) is 0 Å². The van der Waals surface area contributed by atoms with E-state index >= 15 is 0 Å². The van der Waals surface area contributed by atoms with Gasteiger partial charge in [-0.25, -0.2) is 9.07 Å². The third-order valence-electron chi connectivity index (χ3n) is 2.08. The first-order valence-corrected chi connectivity index (χ1v) is 5.08. The monoisotopic (exact) mass is 240 g/mol. The number of nitrogens with zero attached hydrogens (tertiary/aromatic N) is 2. The van der Waals surface area contributed by atoms with E-state index in [0.717, 1.165) is 5.69 Å². The topological polar surface area (TPSA) is 27.1 Å². The largest absolute Gasteiger partial charge is 0.378 e. The van der Waals surface area contributed by atoms with Gasteiger partial charge in [0.25, 0.3) is 0 Å². The van der Waals surface area contributed by atoms with Crippen LogP contribution in [0.2, 0.25) is 5.15 Å². The Bertz CT molecular complexity index is 481. The van der Waals surface area contributed by atoms with E-state index in [0.29, 0.717) is 17.4 Å². The molecule has 0 bridgehead atoms. The first-order valence-electron chi connectivity index (χ1n) is 4.70. The molecule has 1 heterocycles. The van der Waals surface area contributed by atoms with E-state index < -0.39 is 0 Å². The number of hydrogen-bond acceptors (Lipinski definition) is 2. The van der Waals surface area contributed by atoms with Crippen LogP contribution >= 0.6 is 11.6 Å². The standard InChI is InChI=1S/C11H10ClFN2O/c1-16-7-9-6-11(12)15(14-9)10-4-2-8(13)3-5-10/h2-6H,7H2,1H3. The lowest BCUT2D eigenvalue weighted by molar-refractivity contribution is 0.181. The minimum absolute atomic E-state index is 0.288. The van der Waals surface area contributed by atoms with Crippen LogP contribution in [-0.2, 0) is 11.3 Å². The maximum atomic E-state index is 12.7. The van der Waals surface area contributed by atoms with E-state index in [1.165, 1.54) is 16.8 Å². The molecule has 0 saturated carbocycles. The van der Waals surface area contributed by atoms with Gasteiger partial charge < -0.3 is 4.74 Å². The summed E-state index contributed by atoms with van der Waals surface area (Å²) in [6.07, 6.45) is 0. The van der Waals surface area contributed by atoms with E-state index in [-0.39, 0.29) is 5.82 Å². The zero-order chi connectivity index (χ0) is 11.5. The molecule has 0 amide bonds. The van der Waals surface area contributed by atoms with Gasteiger partial charge in [0, 0.05) is 13.2 Å². The van der Waals surface area contributed by atoms with E-state index in [1.807, 2.05) is 0 Å². The van der Waals surface area contributed by atoms with Crippen molar-refractivity contribution in [2.75, 3.05) is 7.11 Å². The quantitative estimate of drug-likeness (QED) is 0.825. The minimum atomic E-state index is -0.288. The number of methoxy groups -OCH3 is 1. The maximum absolute atomic E-state index is 12.7. The molecular weight excluding hydrogens is 231 g/mol. The van der Waals surface area contributed by atoms with Gasteiger partial charge in [0.05, 0.1) is 18.0 Å². The smallest absolute Gasteiger partial charge is 0.133 e. The van der Waals surface area contributed by atoms with Crippen molar-refractivity contribution in [3.63, 3.8) is 0 Å². The third kappa shape index (κ3) is 2.23. The van der Waals surface area contributed by atoms with Crippen molar-refractivity contribution in [2.24, 2.45) is 0 Å². The van der Waals surface area contributed by atoms with Crippen LogP contribution in [0.15, 0.2) is 30.3 Å². The molecule has 0 unspecified atom stereocenters. The van der Waals surface area contributed by atoms with Crippen LogP contribution in [0.1, 0.15) is 5.69 Å². The molecule has 1 aromatic heterocycles. The molecule has 5 heteroatoms. The third-order valence-corrected chi connectivity index (χ3v) is 2.35. The van der Waals surface area contributed by atoms with Crippen LogP contribution in [0.4, 0.5) is 4.39 Å². The van der Waals surface area contributed by atoms with Crippen LogP contribution in [0.25, 0.3) is 5.69 Å². The Balaban J connectivity index is 2.36. The molecule has 0 aliphatic heterocycles. The molecule has 0 aliphatic carbocycles. The van der Waals surface area contributed by atoms with Gasteiger partial charge in [-0.15, -0.1) is 0 Å². The van der Waals surface area contributed by atoms with Gasteiger partial charge in [-0.1, -0.05) is 11.6 Å². The Kier molecular flexibility index (Phi) is 3.22. The molecule has 84 valence electrons. The molecule has 0 aliphatic rings. The summed E-state index contributed by atoms with van der Waals surface area (Å²) in [5.41, 5.74) is 1.45. The Hall–Kier alpha value is -1.39.